The summed E-state index contributed by atoms with van der Waals surface area (Å²) >= 11 is 1.41. The summed E-state index contributed by atoms with van der Waals surface area (Å²) in [5.74, 6) is -0.772. The molecule has 0 aromatic heterocycles. The standard InChI is InChI=1S/C23H27NO5S2/c1-4-23(5-2)15-24(17-9-7-6-8-10-17)18-13-20(30-3)19(29-12-11-22(25)26)14-21(18)31(27,28)16-23/h6-14H,4-5,15-16H2,1-3H3,(H,25,26)/b12-11+. The van der Waals surface area contributed by atoms with Crippen molar-refractivity contribution in [2.45, 2.75) is 36.5 Å². The van der Waals surface area contributed by atoms with Crippen LogP contribution in [0, 0.1) is 5.41 Å². The van der Waals surface area contributed by atoms with Gasteiger partial charge in [-0.15, -0.1) is 11.8 Å². The van der Waals surface area contributed by atoms with Gasteiger partial charge in [-0.2, -0.15) is 0 Å². The fourth-order valence-corrected chi connectivity index (χ4v) is 6.64. The highest BCUT2D eigenvalue weighted by molar-refractivity contribution is 7.98. The zero-order valence-electron chi connectivity index (χ0n) is 17.9. The zero-order valence-corrected chi connectivity index (χ0v) is 19.5. The molecule has 0 aliphatic carbocycles. The van der Waals surface area contributed by atoms with Crippen molar-refractivity contribution in [3.05, 3.63) is 54.8 Å². The van der Waals surface area contributed by atoms with Gasteiger partial charge < -0.3 is 14.7 Å². The van der Waals surface area contributed by atoms with Gasteiger partial charge in [-0.3, -0.25) is 0 Å². The van der Waals surface area contributed by atoms with Crippen molar-refractivity contribution >= 4 is 38.9 Å². The number of para-hydroxylation sites is 1. The fourth-order valence-electron chi connectivity index (χ4n) is 3.87. The number of rotatable bonds is 7. The third-order valence-electron chi connectivity index (χ3n) is 5.83. The van der Waals surface area contributed by atoms with Gasteiger partial charge in [0.05, 0.1) is 33.6 Å². The Hall–Kier alpha value is -2.45. The van der Waals surface area contributed by atoms with Crippen LogP contribution in [0.15, 0.2) is 64.6 Å². The van der Waals surface area contributed by atoms with Crippen LogP contribution >= 0.6 is 11.8 Å². The summed E-state index contributed by atoms with van der Waals surface area (Å²) in [6, 6.07) is 13.1. The first-order chi connectivity index (χ1) is 14.7. The largest absolute Gasteiger partial charge is 0.478 e. The molecule has 31 heavy (non-hydrogen) atoms. The van der Waals surface area contributed by atoms with Crippen molar-refractivity contribution < 1.29 is 23.1 Å². The summed E-state index contributed by atoms with van der Waals surface area (Å²) in [6.07, 6.45) is 5.28. The number of fused-ring (bicyclic) bond motifs is 1. The molecule has 1 N–H and O–H groups in total. The lowest BCUT2D eigenvalue weighted by Crippen LogP contribution is -2.37. The number of nitrogens with zero attached hydrogens (tertiary/aromatic N) is 1. The maximum Gasteiger partial charge on any atom is 0.331 e. The van der Waals surface area contributed by atoms with Crippen molar-refractivity contribution in [1.82, 2.24) is 0 Å². The van der Waals surface area contributed by atoms with Gasteiger partial charge >= 0.3 is 5.97 Å². The van der Waals surface area contributed by atoms with Crippen molar-refractivity contribution in [3.8, 4) is 5.75 Å². The highest BCUT2D eigenvalue weighted by Crippen LogP contribution is 2.46. The number of anilines is 2. The Morgan fingerprint density at radius 1 is 1.23 bits per heavy atom. The van der Waals surface area contributed by atoms with Crippen molar-refractivity contribution in [2.24, 2.45) is 5.41 Å². The fraction of sp³-hybridized carbons (Fsp3) is 0.348. The SMILES string of the molecule is CCC1(CC)CN(c2ccccc2)c2cc(SC)c(O/C=C/C(=O)O)cc2S(=O)(=O)C1. The minimum Gasteiger partial charge on any atom is -0.478 e. The summed E-state index contributed by atoms with van der Waals surface area (Å²) in [4.78, 5) is 13.8. The topological polar surface area (TPSA) is 83.9 Å². The monoisotopic (exact) mass is 461 g/mol. The predicted molar refractivity (Wildman–Crippen MR) is 124 cm³/mol. The predicted octanol–water partition coefficient (Wildman–Crippen LogP) is 5.12. The van der Waals surface area contributed by atoms with Crippen molar-refractivity contribution in [2.75, 3.05) is 23.5 Å². The number of carbonyl (C=O) groups is 1. The third-order valence-corrected chi connectivity index (χ3v) is 8.58. The molecule has 0 atom stereocenters. The molecular weight excluding hydrogens is 434 g/mol. The van der Waals surface area contributed by atoms with Crippen LogP contribution < -0.4 is 9.64 Å². The van der Waals surface area contributed by atoms with Gasteiger partial charge in [0.25, 0.3) is 0 Å². The minimum atomic E-state index is -3.61. The molecule has 0 spiro atoms. The van der Waals surface area contributed by atoms with Gasteiger partial charge in [0.15, 0.2) is 9.84 Å². The number of ether oxygens (including phenoxy) is 1. The van der Waals surface area contributed by atoms with Crippen LogP contribution in [-0.4, -0.2) is 38.0 Å². The Morgan fingerprint density at radius 3 is 2.48 bits per heavy atom. The molecule has 0 fully saturated rings. The number of carboxylic acid groups (broad SMARTS) is 1. The molecule has 2 aromatic carbocycles. The Bertz CT molecular complexity index is 1080. The van der Waals surface area contributed by atoms with Crippen LogP contribution in [0.2, 0.25) is 0 Å². The van der Waals surface area contributed by atoms with E-state index in [4.69, 9.17) is 9.84 Å². The summed E-state index contributed by atoms with van der Waals surface area (Å²) in [6.45, 7) is 4.66. The number of carboxylic acids is 1. The van der Waals surface area contributed by atoms with Gasteiger partial charge in [0, 0.05) is 23.7 Å². The van der Waals surface area contributed by atoms with E-state index in [0.717, 1.165) is 35.8 Å². The second kappa shape index (κ2) is 9.36. The van der Waals surface area contributed by atoms with Crippen LogP contribution in [0.25, 0.3) is 0 Å². The van der Waals surface area contributed by atoms with Gasteiger partial charge in [0.2, 0.25) is 0 Å². The normalized spacial score (nSPS) is 17.2. The molecule has 0 saturated carbocycles. The van der Waals surface area contributed by atoms with E-state index in [9.17, 15) is 13.2 Å². The van der Waals surface area contributed by atoms with E-state index < -0.39 is 21.2 Å². The summed E-state index contributed by atoms with van der Waals surface area (Å²) in [5.41, 5.74) is 1.16. The average molecular weight is 462 g/mol. The summed E-state index contributed by atoms with van der Waals surface area (Å²) in [5, 5.41) is 8.83. The highest BCUT2D eigenvalue weighted by Gasteiger charge is 2.41. The molecular formula is C23H27NO5S2. The number of aliphatic carboxylic acids is 1. The molecule has 2 aromatic rings. The average Bonchev–Trinajstić information content (AvgIpc) is 2.86. The molecule has 6 nitrogen and oxygen atoms in total. The molecule has 8 heteroatoms. The molecule has 0 bridgehead atoms. The number of sulfone groups is 1. The van der Waals surface area contributed by atoms with Gasteiger partial charge in [-0.1, -0.05) is 32.0 Å². The highest BCUT2D eigenvalue weighted by atomic mass is 32.2. The summed E-state index contributed by atoms with van der Waals surface area (Å²) in [7, 11) is -3.61. The molecule has 3 rings (SSSR count). The maximum absolute atomic E-state index is 13.5. The minimum absolute atomic E-state index is 0.0480. The third kappa shape index (κ3) is 4.91. The second-order valence-corrected chi connectivity index (χ2v) is 10.4. The van der Waals surface area contributed by atoms with Gasteiger partial charge in [-0.05, 0) is 37.3 Å². The first kappa shape index (κ1) is 23.2. The van der Waals surface area contributed by atoms with Gasteiger partial charge in [0.1, 0.15) is 5.75 Å². The quantitative estimate of drug-likeness (QED) is 0.348. The van der Waals surface area contributed by atoms with E-state index in [0.29, 0.717) is 18.0 Å². The number of benzene rings is 2. The summed E-state index contributed by atoms with van der Waals surface area (Å²) < 4.78 is 32.6. The zero-order chi connectivity index (χ0) is 22.6. The lowest BCUT2D eigenvalue weighted by molar-refractivity contribution is -0.131. The molecule has 166 valence electrons. The molecule has 1 aliphatic heterocycles. The van der Waals surface area contributed by atoms with Crippen LogP contribution in [0.5, 0.6) is 5.75 Å². The van der Waals surface area contributed by atoms with Crippen LogP contribution in [0.1, 0.15) is 26.7 Å². The first-order valence-corrected chi connectivity index (χ1v) is 13.0. The molecule has 0 radical (unpaired) electrons. The maximum atomic E-state index is 13.5. The smallest absolute Gasteiger partial charge is 0.331 e. The van der Waals surface area contributed by atoms with E-state index in [1.54, 1.807) is 0 Å². The lowest BCUT2D eigenvalue weighted by atomic mass is 9.83. The van der Waals surface area contributed by atoms with Crippen LogP contribution in [0.4, 0.5) is 11.4 Å². The Kier molecular flexibility index (Phi) is 7.01. The van der Waals surface area contributed by atoms with Crippen molar-refractivity contribution in [3.63, 3.8) is 0 Å². The van der Waals surface area contributed by atoms with Crippen LogP contribution in [0.3, 0.4) is 0 Å². The molecule has 1 aliphatic rings. The lowest BCUT2D eigenvalue weighted by Gasteiger charge is -2.35. The number of hydrogen-bond donors (Lipinski definition) is 1. The van der Waals surface area contributed by atoms with Crippen molar-refractivity contribution in [1.29, 1.82) is 0 Å². The second-order valence-electron chi connectivity index (χ2n) is 7.62. The van der Waals surface area contributed by atoms with Crippen LogP contribution in [-0.2, 0) is 14.6 Å². The number of thioether (sulfide) groups is 1. The van der Waals surface area contributed by atoms with E-state index in [1.165, 1.54) is 17.8 Å². The van der Waals surface area contributed by atoms with E-state index >= 15 is 0 Å². The molecule has 0 unspecified atom stereocenters. The molecule has 0 amide bonds. The van der Waals surface area contributed by atoms with E-state index in [2.05, 4.69) is 4.90 Å². The number of hydrogen-bond acceptors (Lipinski definition) is 6. The molecule has 0 saturated heterocycles. The Balaban J connectivity index is 2.24. The first-order valence-electron chi connectivity index (χ1n) is 10.1. The van der Waals surface area contributed by atoms with E-state index in [1.807, 2.05) is 56.5 Å². The van der Waals surface area contributed by atoms with Gasteiger partial charge in [-0.25, -0.2) is 13.2 Å². The Labute approximate surface area is 187 Å². The molecule has 1 heterocycles. The Morgan fingerprint density at radius 2 is 1.90 bits per heavy atom. The van der Waals surface area contributed by atoms with E-state index in [-0.39, 0.29) is 10.6 Å².